The topological polar surface area (TPSA) is 92.8 Å². The van der Waals surface area contributed by atoms with E-state index in [1.165, 1.54) is 24.8 Å². The molecule has 0 spiro atoms. The highest BCUT2D eigenvalue weighted by atomic mass is 32.2. The van der Waals surface area contributed by atoms with Crippen molar-refractivity contribution >= 4 is 21.8 Å². The fraction of sp³-hybridized carbons (Fsp3) is 0.391. The third-order valence-corrected chi connectivity index (χ3v) is 7.31. The second-order valence-electron chi connectivity index (χ2n) is 7.81. The molecular formula is C23H28N2O5S. The lowest BCUT2D eigenvalue weighted by molar-refractivity contribution is -0.131. The van der Waals surface area contributed by atoms with E-state index < -0.39 is 27.9 Å². The molecule has 31 heavy (non-hydrogen) atoms. The summed E-state index contributed by atoms with van der Waals surface area (Å²) >= 11 is 0. The van der Waals surface area contributed by atoms with Gasteiger partial charge in [0.15, 0.2) is 0 Å². The molecule has 1 aliphatic heterocycles. The van der Waals surface area contributed by atoms with Gasteiger partial charge >= 0.3 is 0 Å². The molecule has 2 aromatic carbocycles. The van der Waals surface area contributed by atoms with Crippen LogP contribution in [0.5, 0.6) is 5.75 Å². The number of hydrogen-bond donors (Lipinski definition) is 1. The quantitative estimate of drug-likeness (QED) is 0.676. The number of amides is 2. The Morgan fingerprint density at radius 2 is 1.94 bits per heavy atom. The van der Waals surface area contributed by atoms with Gasteiger partial charge in [-0.2, -0.15) is 0 Å². The lowest BCUT2D eigenvalue weighted by Gasteiger charge is -2.25. The second kappa shape index (κ2) is 9.51. The Labute approximate surface area is 183 Å². The summed E-state index contributed by atoms with van der Waals surface area (Å²) in [5, 5.41) is 2.88. The minimum atomic E-state index is -4.15. The molecule has 0 saturated carbocycles. The van der Waals surface area contributed by atoms with Crippen molar-refractivity contribution in [3.63, 3.8) is 0 Å². The zero-order valence-corrected chi connectivity index (χ0v) is 18.8. The molecule has 0 radical (unpaired) electrons. The molecule has 3 rings (SSSR count). The van der Waals surface area contributed by atoms with E-state index in [4.69, 9.17) is 4.74 Å². The van der Waals surface area contributed by atoms with Crippen molar-refractivity contribution in [1.82, 2.24) is 9.62 Å². The fourth-order valence-corrected chi connectivity index (χ4v) is 5.45. The Bertz CT molecular complexity index is 1050. The summed E-state index contributed by atoms with van der Waals surface area (Å²) in [5.74, 6) is -0.459. The Morgan fingerprint density at radius 1 is 1.23 bits per heavy atom. The van der Waals surface area contributed by atoms with Crippen LogP contribution in [0.25, 0.3) is 0 Å². The largest absolute Gasteiger partial charge is 0.496 e. The zero-order valence-electron chi connectivity index (χ0n) is 18.0. The van der Waals surface area contributed by atoms with Crippen LogP contribution in [0, 0.1) is 6.92 Å². The predicted octanol–water partition coefficient (Wildman–Crippen LogP) is 2.82. The molecule has 1 heterocycles. The minimum absolute atomic E-state index is 0.0187. The smallest absolute Gasteiger partial charge is 0.267 e. The van der Waals surface area contributed by atoms with Crippen LogP contribution in [0.3, 0.4) is 0 Å². The summed E-state index contributed by atoms with van der Waals surface area (Å²) in [6.07, 6.45) is 1.69. The number of nitrogens with one attached hydrogen (secondary N) is 1. The van der Waals surface area contributed by atoms with Crippen LogP contribution in [0.4, 0.5) is 0 Å². The van der Waals surface area contributed by atoms with Gasteiger partial charge in [-0.1, -0.05) is 30.3 Å². The Morgan fingerprint density at radius 3 is 2.58 bits per heavy atom. The average molecular weight is 445 g/mol. The highest BCUT2D eigenvalue weighted by Gasteiger charge is 2.44. The molecule has 0 aliphatic carbocycles. The highest BCUT2D eigenvalue weighted by molar-refractivity contribution is 7.89. The van der Waals surface area contributed by atoms with E-state index in [9.17, 15) is 18.0 Å². The molecular weight excluding hydrogens is 416 g/mol. The molecule has 1 saturated heterocycles. The van der Waals surface area contributed by atoms with Crippen LogP contribution >= 0.6 is 0 Å². The first kappa shape index (κ1) is 22.8. The lowest BCUT2D eigenvalue weighted by Crippen LogP contribution is -2.49. The molecule has 2 amide bonds. The molecule has 0 aromatic heterocycles. The van der Waals surface area contributed by atoms with Gasteiger partial charge in [-0.3, -0.25) is 9.59 Å². The highest BCUT2D eigenvalue weighted by Crippen LogP contribution is 2.30. The van der Waals surface area contributed by atoms with Gasteiger partial charge < -0.3 is 10.1 Å². The van der Waals surface area contributed by atoms with E-state index in [-0.39, 0.29) is 23.8 Å². The molecule has 2 atom stereocenters. The van der Waals surface area contributed by atoms with Crippen molar-refractivity contribution in [3.05, 3.63) is 59.7 Å². The number of aryl methyl sites for hydroxylation is 2. The van der Waals surface area contributed by atoms with Gasteiger partial charge in [0, 0.05) is 12.5 Å². The molecule has 2 aromatic rings. The maximum absolute atomic E-state index is 13.2. The van der Waals surface area contributed by atoms with E-state index in [1.54, 1.807) is 13.0 Å². The molecule has 0 unspecified atom stereocenters. The first-order chi connectivity index (χ1) is 14.7. The van der Waals surface area contributed by atoms with Crippen LogP contribution in [-0.4, -0.2) is 43.7 Å². The van der Waals surface area contributed by atoms with E-state index in [0.29, 0.717) is 17.7 Å². The van der Waals surface area contributed by atoms with Crippen molar-refractivity contribution in [2.75, 3.05) is 7.11 Å². The molecule has 8 heteroatoms. The normalized spacial score (nSPS) is 17.5. The number of rotatable bonds is 8. The summed E-state index contributed by atoms with van der Waals surface area (Å²) in [4.78, 5) is 25.3. The average Bonchev–Trinajstić information content (AvgIpc) is 3.15. The van der Waals surface area contributed by atoms with Gasteiger partial charge in [-0.25, -0.2) is 12.7 Å². The monoisotopic (exact) mass is 444 g/mol. The van der Waals surface area contributed by atoms with Crippen LogP contribution in [0.1, 0.15) is 37.3 Å². The minimum Gasteiger partial charge on any atom is -0.496 e. The van der Waals surface area contributed by atoms with E-state index in [1.807, 2.05) is 37.3 Å². The van der Waals surface area contributed by atoms with Gasteiger partial charge in [0.2, 0.25) is 11.8 Å². The van der Waals surface area contributed by atoms with Crippen molar-refractivity contribution < 1.29 is 22.7 Å². The second-order valence-corrected chi connectivity index (χ2v) is 9.63. The number of carbonyl (C=O) groups is 2. The van der Waals surface area contributed by atoms with Crippen LogP contribution < -0.4 is 10.1 Å². The molecule has 1 N–H and O–H groups in total. The third kappa shape index (κ3) is 5.07. The number of ether oxygens (including phenoxy) is 1. The Kier molecular flexibility index (Phi) is 7.00. The Hall–Kier alpha value is -2.87. The van der Waals surface area contributed by atoms with E-state index >= 15 is 0 Å². The van der Waals surface area contributed by atoms with Crippen molar-refractivity contribution in [1.29, 1.82) is 0 Å². The maximum Gasteiger partial charge on any atom is 0.267 e. The number of sulfonamides is 1. The van der Waals surface area contributed by atoms with Crippen LogP contribution in [0.2, 0.25) is 0 Å². The number of carbonyl (C=O) groups excluding carboxylic acids is 2. The third-order valence-electron chi connectivity index (χ3n) is 5.48. The summed E-state index contributed by atoms with van der Waals surface area (Å²) in [7, 11) is -2.65. The summed E-state index contributed by atoms with van der Waals surface area (Å²) in [6.45, 7) is 3.60. The van der Waals surface area contributed by atoms with E-state index in [2.05, 4.69) is 5.32 Å². The summed E-state index contributed by atoms with van der Waals surface area (Å²) in [6, 6.07) is 13.1. The van der Waals surface area contributed by atoms with Crippen molar-refractivity contribution in [3.8, 4) is 5.75 Å². The molecule has 7 nitrogen and oxygen atoms in total. The molecule has 1 aliphatic rings. The SMILES string of the molecule is COc1ccc(S(=O)(=O)N2C(=O)CC[C@@H]2C(=O)N[C@H](C)CCc2ccccc2)cc1C. The standard InChI is InChI=1S/C23H28N2O5S/c1-16-15-19(11-13-21(16)30-3)31(28,29)25-20(12-14-22(25)26)23(27)24-17(2)9-10-18-7-5-4-6-8-18/h4-8,11,13,15,17,20H,9-10,12,14H2,1-3H3,(H,24,27)/t17-,20-/m1/s1. The zero-order chi connectivity index (χ0) is 22.6. The van der Waals surface area contributed by atoms with Crippen LogP contribution in [0.15, 0.2) is 53.4 Å². The number of benzene rings is 2. The predicted molar refractivity (Wildman–Crippen MR) is 117 cm³/mol. The fourth-order valence-electron chi connectivity index (χ4n) is 3.76. The number of nitrogens with zero attached hydrogens (tertiary/aromatic N) is 1. The molecule has 0 bridgehead atoms. The van der Waals surface area contributed by atoms with Crippen molar-refractivity contribution in [2.45, 2.75) is 56.5 Å². The summed E-state index contributed by atoms with van der Waals surface area (Å²) in [5.41, 5.74) is 1.80. The molecule has 166 valence electrons. The van der Waals surface area contributed by atoms with Gasteiger partial charge in [-0.15, -0.1) is 0 Å². The first-order valence-electron chi connectivity index (χ1n) is 10.3. The maximum atomic E-state index is 13.2. The first-order valence-corrected chi connectivity index (χ1v) is 11.7. The summed E-state index contributed by atoms with van der Waals surface area (Å²) < 4.78 is 32.3. The van der Waals surface area contributed by atoms with Crippen LogP contribution in [-0.2, 0) is 26.0 Å². The van der Waals surface area contributed by atoms with Gasteiger partial charge in [0.05, 0.1) is 12.0 Å². The van der Waals surface area contributed by atoms with Crippen molar-refractivity contribution in [2.24, 2.45) is 0 Å². The lowest BCUT2D eigenvalue weighted by atomic mass is 10.1. The number of hydrogen-bond acceptors (Lipinski definition) is 5. The van der Waals surface area contributed by atoms with Gasteiger partial charge in [0.25, 0.3) is 10.0 Å². The van der Waals surface area contributed by atoms with Gasteiger partial charge in [0.1, 0.15) is 11.8 Å². The van der Waals surface area contributed by atoms with Gasteiger partial charge in [-0.05, 0) is 62.4 Å². The van der Waals surface area contributed by atoms with E-state index in [0.717, 1.165) is 10.7 Å². The molecule has 1 fully saturated rings. The number of methoxy groups -OCH3 is 1. The Balaban J connectivity index is 1.72.